The normalized spacial score (nSPS) is 13.0. The van der Waals surface area contributed by atoms with Gasteiger partial charge < -0.3 is 14.2 Å². The molecule has 0 radical (unpaired) electrons. The fourth-order valence-electron chi connectivity index (χ4n) is 6.38. The van der Waals surface area contributed by atoms with Crippen LogP contribution < -0.4 is 0 Å². The van der Waals surface area contributed by atoms with E-state index in [2.05, 4.69) is 69.4 Å². The Morgan fingerprint density at radius 3 is 1.11 bits per heavy atom. The fraction of sp³-hybridized carbons (Fsp3) is 0.625. The highest BCUT2D eigenvalue weighted by atomic mass is 16.6. The van der Waals surface area contributed by atoms with Crippen LogP contribution in [0.15, 0.2) is 109 Å². The van der Waals surface area contributed by atoms with Gasteiger partial charge in [0.15, 0.2) is 6.10 Å². The van der Waals surface area contributed by atoms with Gasteiger partial charge in [0.1, 0.15) is 13.2 Å². The van der Waals surface area contributed by atoms with E-state index in [9.17, 15) is 14.4 Å². The second-order valence-electron chi connectivity index (χ2n) is 16.2. The molecule has 6 heteroatoms. The number of carbonyl (C=O) groups excluding carboxylic acids is 3. The van der Waals surface area contributed by atoms with Gasteiger partial charge in [-0.3, -0.25) is 14.4 Å². The Bertz CT molecular complexity index is 1310. The molecular formula is C56H90O6. The largest absolute Gasteiger partial charge is 0.462 e. The van der Waals surface area contributed by atoms with Crippen LogP contribution >= 0.6 is 0 Å². The Labute approximate surface area is 380 Å². The second kappa shape index (κ2) is 49.7. The quantitative estimate of drug-likeness (QED) is 0.0200. The summed E-state index contributed by atoms with van der Waals surface area (Å²) in [5, 5.41) is 0. The van der Waals surface area contributed by atoms with Gasteiger partial charge >= 0.3 is 17.9 Å². The van der Waals surface area contributed by atoms with Crippen LogP contribution in [0, 0.1) is 0 Å². The van der Waals surface area contributed by atoms with Gasteiger partial charge in [0.2, 0.25) is 0 Å². The van der Waals surface area contributed by atoms with Gasteiger partial charge in [0.05, 0.1) is 0 Å². The lowest BCUT2D eigenvalue weighted by Gasteiger charge is -2.18. The molecule has 0 heterocycles. The number of carbonyl (C=O) groups is 3. The third kappa shape index (κ3) is 47.1. The van der Waals surface area contributed by atoms with Crippen LogP contribution in [-0.2, 0) is 28.6 Å². The number of hydrogen-bond donors (Lipinski definition) is 0. The molecule has 0 aromatic heterocycles. The summed E-state index contributed by atoms with van der Waals surface area (Å²) in [6.07, 6.45) is 66.4. The van der Waals surface area contributed by atoms with Gasteiger partial charge in [-0.2, -0.15) is 0 Å². The van der Waals surface area contributed by atoms with Crippen LogP contribution in [0.25, 0.3) is 0 Å². The highest BCUT2D eigenvalue weighted by molar-refractivity contribution is 5.71. The summed E-state index contributed by atoms with van der Waals surface area (Å²) in [6.45, 7) is 6.35. The van der Waals surface area contributed by atoms with Crippen molar-refractivity contribution in [3.63, 3.8) is 0 Å². The molecule has 350 valence electrons. The lowest BCUT2D eigenvalue weighted by atomic mass is 10.1. The zero-order valence-electron chi connectivity index (χ0n) is 39.8. The Morgan fingerprint density at radius 2 is 0.661 bits per heavy atom. The van der Waals surface area contributed by atoms with E-state index in [0.717, 1.165) is 96.3 Å². The highest BCUT2D eigenvalue weighted by Crippen LogP contribution is 2.13. The lowest BCUT2D eigenvalue weighted by molar-refractivity contribution is -0.167. The monoisotopic (exact) mass is 859 g/mol. The van der Waals surface area contributed by atoms with E-state index >= 15 is 0 Å². The molecule has 0 amide bonds. The smallest absolute Gasteiger partial charge is 0.306 e. The van der Waals surface area contributed by atoms with Crippen LogP contribution in [0.1, 0.15) is 207 Å². The predicted octanol–water partition coefficient (Wildman–Crippen LogP) is 16.4. The Hall–Kier alpha value is -3.93. The number of unbranched alkanes of at least 4 members (excludes halogenated alkanes) is 20. The van der Waals surface area contributed by atoms with Crippen LogP contribution in [0.3, 0.4) is 0 Å². The third-order valence-corrected chi connectivity index (χ3v) is 10.2. The van der Waals surface area contributed by atoms with Crippen molar-refractivity contribution in [3.8, 4) is 0 Å². The molecule has 0 spiro atoms. The number of ether oxygens (including phenoxy) is 3. The highest BCUT2D eigenvalue weighted by Gasteiger charge is 2.19. The molecule has 0 aliphatic rings. The zero-order valence-corrected chi connectivity index (χ0v) is 39.8. The molecule has 0 fully saturated rings. The molecule has 0 aromatic carbocycles. The van der Waals surface area contributed by atoms with Crippen molar-refractivity contribution in [2.45, 2.75) is 213 Å². The first-order valence-electron chi connectivity index (χ1n) is 25.0. The second-order valence-corrected chi connectivity index (χ2v) is 16.2. The number of hydrogen-bond acceptors (Lipinski definition) is 6. The van der Waals surface area contributed by atoms with E-state index in [1.54, 1.807) is 0 Å². The van der Waals surface area contributed by atoms with Crippen molar-refractivity contribution in [1.29, 1.82) is 0 Å². The summed E-state index contributed by atoms with van der Waals surface area (Å²) in [4.78, 5) is 37.9. The fourth-order valence-corrected chi connectivity index (χ4v) is 6.38. The number of rotatable bonds is 43. The maximum absolute atomic E-state index is 12.8. The molecule has 0 aromatic rings. The summed E-state index contributed by atoms with van der Waals surface area (Å²) < 4.78 is 16.7. The maximum atomic E-state index is 12.8. The number of allylic oxidation sites excluding steroid dienone is 18. The molecule has 0 saturated carbocycles. The maximum Gasteiger partial charge on any atom is 0.306 e. The molecule has 0 rings (SSSR count). The first-order valence-corrected chi connectivity index (χ1v) is 25.0. The van der Waals surface area contributed by atoms with Gasteiger partial charge in [-0.15, -0.1) is 0 Å². The van der Waals surface area contributed by atoms with Crippen molar-refractivity contribution in [2.75, 3.05) is 13.2 Å². The molecular weight excluding hydrogens is 769 g/mol. The van der Waals surface area contributed by atoms with Crippen molar-refractivity contribution in [1.82, 2.24) is 0 Å². The molecule has 1 unspecified atom stereocenters. The summed E-state index contributed by atoms with van der Waals surface area (Å²) in [5.41, 5.74) is 0. The SMILES string of the molecule is CC\C=C/C=C\C=C/C=C\C=C\C=C/CCCCCC(=O)OCC(COC(=O)CCCCC/C=C\C=C/CCCC)OC(=O)CCCCCCC/C=C\CCCCCCCCC. The van der Waals surface area contributed by atoms with E-state index in [0.29, 0.717) is 19.3 Å². The molecule has 0 bridgehead atoms. The van der Waals surface area contributed by atoms with E-state index in [1.165, 1.54) is 70.6 Å². The first kappa shape index (κ1) is 58.1. The van der Waals surface area contributed by atoms with Crippen LogP contribution in [-0.4, -0.2) is 37.2 Å². The van der Waals surface area contributed by atoms with E-state index in [1.807, 2.05) is 60.8 Å². The van der Waals surface area contributed by atoms with Gasteiger partial charge in [-0.25, -0.2) is 0 Å². The van der Waals surface area contributed by atoms with E-state index < -0.39 is 6.10 Å². The molecule has 62 heavy (non-hydrogen) atoms. The summed E-state index contributed by atoms with van der Waals surface area (Å²) in [7, 11) is 0. The Morgan fingerprint density at radius 1 is 0.339 bits per heavy atom. The predicted molar refractivity (Wildman–Crippen MR) is 265 cm³/mol. The molecule has 0 N–H and O–H groups in total. The number of esters is 3. The molecule has 0 aliphatic carbocycles. The molecule has 0 aliphatic heterocycles. The van der Waals surface area contributed by atoms with Crippen LogP contribution in [0.4, 0.5) is 0 Å². The van der Waals surface area contributed by atoms with Crippen LogP contribution in [0.5, 0.6) is 0 Å². The minimum Gasteiger partial charge on any atom is -0.462 e. The Kier molecular flexibility index (Phi) is 46.6. The van der Waals surface area contributed by atoms with Gasteiger partial charge in [-0.05, 0) is 83.5 Å². The van der Waals surface area contributed by atoms with Crippen LogP contribution in [0.2, 0.25) is 0 Å². The summed E-state index contributed by atoms with van der Waals surface area (Å²) in [5.74, 6) is -0.998. The Balaban J connectivity index is 4.52. The average Bonchev–Trinajstić information content (AvgIpc) is 3.27. The molecule has 0 saturated heterocycles. The van der Waals surface area contributed by atoms with Gasteiger partial charge in [0, 0.05) is 19.3 Å². The topological polar surface area (TPSA) is 78.9 Å². The van der Waals surface area contributed by atoms with Crippen molar-refractivity contribution >= 4 is 17.9 Å². The zero-order chi connectivity index (χ0) is 45.1. The van der Waals surface area contributed by atoms with Gasteiger partial charge in [0.25, 0.3) is 0 Å². The third-order valence-electron chi connectivity index (χ3n) is 10.2. The summed E-state index contributed by atoms with van der Waals surface area (Å²) >= 11 is 0. The average molecular weight is 859 g/mol. The molecule has 6 nitrogen and oxygen atoms in total. The van der Waals surface area contributed by atoms with E-state index in [4.69, 9.17) is 14.2 Å². The lowest BCUT2D eigenvalue weighted by Crippen LogP contribution is -2.30. The molecule has 1 atom stereocenters. The minimum atomic E-state index is -0.812. The van der Waals surface area contributed by atoms with Gasteiger partial charge in [-0.1, -0.05) is 214 Å². The van der Waals surface area contributed by atoms with E-state index in [-0.39, 0.29) is 31.1 Å². The van der Waals surface area contributed by atoms with Crippen molar-refractivity contribution in [2.24, 2.45) is 0 Å². The summed E-state index contributed by atoms with van der Waals surface area (Å²) in [6, 6.07) is 0. The standard InChI is InChI=1S/C56H90O6/c1-4-7-10-13-16-19-22-24-26-28-30-31-34-37-40-43-46-49-55(58)61-52-53(51-60-54(57)48-45-42-39-36-33-21-18-15-12-9-6-3)62-56(59)50-47-44-41-38-35-32-29-27-25-23-20-17-14-11-8-5-2/h7,10,13,15-16,18-19,21-22,24,26-31,33-34,53H,4-6,8-9,11-12,14,17,20,23,25,32,35-52H2,1-3H3/b10-7-,16-13-,18-15-,22-19-,26-24-,29-27-,30-28+,33-21-,34-31-. The van der Waals surface area contributed by atoms with Crippen molar-refractivity contribution in [3.05, 3.63) is 109 Å². The van der Waals surface area contributed by atoms with Crippen molar-refractivity contribution < 1.29 is 28.6 Å². The first-order chi connectivity index (χ1) is 30.5. The minimum absolute atomic E-state index is 0.112.